The average Bonchev–Trinajstić information content (AvgIpc) is 1.63. The molecule has 25 nitrogen and oxygen atoms in total. The Hall–Kier alpha value is -8.18. The summed E-state index contributed by atoms with van der Waals surface area (Å²) in [5, 5.41) is 13.8. The van der Waals surface area contributed by atoms with Crippen LogP contribution in [-0.4, -0.2) is 205 Å². The molecule has 0 unspecified atom stereocenters. The number of nitrogens with one attached hydrogen (secondary N) is 2. The summed E-state index contributed by atoms with van der Waals surface area (Å²) in [6.07, 6.45) is -2.70. The molecule has 0 bridgehead atoms. The summed E-state index contributed by atoms with van der Waals surface area (Å²) < 4.78 is 278. The maximum atomic E-state index is 14.8. The smallest absolute Gasteiger partial charge is 0.408 e. The number of nitrogens with zero attached hydrogens (tertiary/aromatic N) is 6. The zero-order valence-electron chi connectivity index (χ0n) is 62.6. The highest BCUT2D eigenvalue weighted by Crippen LogP contribution is 2.37. The molecular formula is C70H94F15N9O16S. The summed E-state index contributed by atoms with van der Waals surface area (Å²) in [5.74, 6) is -9.24. The number of aliphatic hydroxyl groups excluding tert-OH is 1. The van der Waals surface area contributed by atoms with Crippen LogP contribution in [0.3, 0.4) is 0 Å². The van der Waals surface area contributed by atoms with E-state index in [1.165, 1.54) is 30.3 Å². The number of alkyl carbamates (subject to hydrolysis) is 2. The lowest BCUT2D eigenvalue weighted by molar-refractivity contribution is -0.120. The van der Waals surface area contributed by atoms with Crippen molar-refractivity contribution in [1.29, 1.82) is 0 Å². The molecule has 3 amide bonds. The average molecular weight is 1630 g/mol. The Morgan fingerprint density at radius 1 is 0.505 bits per heavy atom. The third-order valence-corrected chi connectivity index (χ3v) is 17.9. The second-order valence-electron chi connectivity index (χ2n) is 28.5. The van der Waals surface area contributed by atoms with E-state index >= 15 is 0 Å². The summed E-state index contributed by atoms with van der Waals surface area (Å²) in [4.78, 5) is 45.9. The minimum absolute atomic E-state index is 0.0165. The van der Waals surface area contributed by atoms with Gasteiger partial charge >= 0.3 is 12.2 Å². The molecule has 9 rings (SSSR count). The van der Waals surface area contributed by atoms with Crippen LogP contribution in [0.2, 0.25) is 0 Å². The van der Waals surface area contributed by atoms with Gasteiger partial charge in [0.2, 0.25) is 20.9 Å². The van der Waals surface area contributed by atoms with Crippen LogP contribution in [0.25, 0.3) is 33.1 Å². The maximum absolute atomic E-state index is 14.8. The number of sulfone groups is 1. The number of aromatic nitrogens is 6. The van der Waals surface area contributed by atoms with Crippen molar-refractivity contribution in [3.8, 4) is 29.3 Å². The molecule has 3 atom stereocenters. The molecule has 3 aliphatic carbocycles. The van der Waals surface area contributed by atoms with Gasteiger partial charge in [-0.3, -0.25) is 18.3 Å². The lowest BCUT2D eigenvalue weighted by atomic mass is 9.95. The summed E-state index contributed by atoms with van der Waals surface area (Å²) in [6, 6.07) is 0.336. The van der Waals surface area contributed by atoms with Crippen LogP contribution in [0, 0.1) is 40.8 Å². The first kappa shape index (κ1) is 91.7. The number of aryl methyl sites for hydroxylation is 3. The van der Waals surface area contributed by atoms with Crippen molar-refractivity contribution in [2.75, 3.05) is 65.9 Å². The number of imidazole rings is 3. The number of rotatable bonds is 30. The Morgan fingerprint density at radius 2 is 0.820 bits per heavy atom. The molecule has 3 aliphatic rings. The van der Waals surface area contributed by atoms with Crippen molar-refractivity contribution in [2.24, 2.45) is 32.8 Å². The van der Waals surface area contributed by atoms with Crippen LogP contribution in [0.1, 0.15) is 125 Å². The number of hydrogen-bond acceptors (Lipinski definition) is 19. The molecule has 0 aliphatic heterocycles. The monoisotopic (exact) mass is 1630 g/mol. The van der Waals surface area contributed by atoms with Gasteiger partial charge < -0.3 is 73.4 Å². The summed E-state index contributed by atoms with van der Waals surface area (Å²) >= 11 is 0. The van der Waals surface area contributed by atoms with E-state index in [1.807, 2.05) is 0 Å². The lowest BCUT2D eigenvalue weighted by Crippen LogP contribution is -2.43. The minimum atomic E-state index is -3.81. The van der Waals surface area contributed by atoms with Crippen LogP contribution in [-0.2, 0) is 59.5 Å². The van der Waals surface area contributed by atoms with Gasteiger partial charge in [-0.2, -0.15) is 9.97 Å². The van der Waals surface area contributed by atoms with Gasteiger partial charge in [0.25, 0.3) is 31.3 Å². The zero-order chi connectivity index (χ0) is 82.6. The highest BCUT2D eigenvalue weighted by Gasteiger charge is 2.33. The number of carbonyl (C=O) groups is 3. The maximum Gasteiger partial charge on any atom is 0.408 e. The SMILES string of the molecule is CC(C)(C)OC(=O)N[C@@H](CF)COC1CCC(O)CC1.Cn1c(OC2CCC(OC[C@H](CF)CC(N)=O)CC2)nc2c(F)cc(OCC(F)F)c(F)c21.Cn1c(OC2CCC(OC[C@H](CF)NC(=O)OC(C)(C)C)CC2)nc2c(F)cc(OCC(F)F)c(F)c21.Cn1c(S(C)(=O)=O)nc2c(F)cc(OCC(F)F)c(F)c21. The molecule has 3 saturated carbocycles. The molecule has 3 aromatic heterocycles. The number of amides is 3. The van der Waals surface area contributed by atoms with Crippen molar-refractivity contribution in [3.63, 3.8) is 0 Å². The third kappa shape index (κ3) is 28.2. The molecule has 3 aromatic carbocycles. The predicted molar refractivity (Wildman–Crippen MR) is 371 cm³/mol. The van der Waals surface area contributed by atoms with Gasteiger partial charge in [-0.05, 0) is 119 Å². The van der Waals surface area contributed by atoms with E-state index in [4.69, 9.17) is 38.9 Å². The van der Waals surface area contributed by atoms with Crippen LogP contribution in [0.4, 0.5) is 75.4 Å². The van der Waals surface area contributed by atoms with Crippen LogP contribution >= 0.6 is 0 Å². The third-order valence-electron chi connectivity index (χ3n) is 16.9. The van der Waals surface area contributed by atoms with Gasteiger partial charge in [0.05, 0.1) is 63.0 Å². The van der Waals surface area contributed by atoms with Gasteiger partial charge in [-0.1, -0.05) is 0 Å². The van der Waals surface area contributed by atoms with Gasteiger partial charge in [-0.15, -0.1) is 0 Å². The quantitative estimate of drug-likeness (QED) is 0.0305. The molecule has 3 fully saturated rings. The Balaban J connectivity index is 0.000000239. The fourth-order valence-electron chi connectivity index (χ4n) is 11.7. The highest BCUT2D eigenvalue weighted by molar-refractivity contribution is 7.90. The molecular weight excluding hydrogens is 1540 g/mol. The molecule has 6 aromatic rings. The number of hydrogen-bond donors (Lipinski definition) is 4. The number of primary amides is 1. The van der Waals surface area contributed by atoms with E-state index in [2.05, 4.69) is 39.8 Å². The molecule has 0 radical (unpaired) electrons. The fraction of sp³-hybridized carbons (Fsp3) is 0.657. The Bertz CT molecular complexity index is 4130. The molecule has 626 valence electrons. The summed E-state index contributed by atoms with van der Waals surface area (Å²) in [7, 11) is 0.211. The minimum Gasteiger partial charge on any atom is -0.484 e. The number of fused-ring (bicyclic) bond motifs is 3. The number of benzene rings is 3. The molecule has 5 N–H and O–H groups in total. The number of ether oxygens (including phenoxy) is 10. The fourth-order valence-corrected chi connectivity index (χ4v) is 12.5. The number of carbonyl (C=O) groups excluding carboxylic acids is 3. The second-order valence-corrected chi connectivity index (χ2v) is 30.4. The molecule has 111 heavy (non-hydrogen) atoms. The first-order valence-electron chi connectivity index (χ1n) is 35.3. The van der Waals surface area contributed by atoms with Crippen LogP contribution in [0.15, 0.2) is 23.4 Å². The molecule has 0 spiro atoms. The second kappa shape index (κ2) is 41.6. The summed E-state index contributed by atoms with van der Waals surface area (Å²) in [6.45, 7) is 5.10. The van der Waals surface area contributed by atoms with Crippen molar-refractivity contribution >= 4 is 61.0 Å². The lowest BCUT2D eigenvalue weighted by Gasteiger charge is -2.29. The largest absolute Gasteiger partial charge is 0.484 e. The van der Waals surface area contributed by atoms with E-state index < -0.39 is 185 Å². The van der Waals surface area contributed by atoms with Gasteiger partial charge in [0.15, 0.2) is 52.2 Å². The Morgan fingerprint density at radius 3 is 1.13 bits per heavy atom. The van der Waals surface area contributed by atoms with Gasteiger partial charge in [0, 0.05) is 57.9 Å². The van der Waals surface area contributed by atoms with E-state index in [0.717, 1.165) is 23.7 Å². The van der Waals surface area contributed by atoms with E-state index in [-0.39, 0.29) is 97.0 Å². The van der Waals surface area contributed by atoms with Crippen molar-refractivity contribution in [1.82, 2.24) is 39.3 Å². The first-order valence-corrected chi connectivity index (χ1v) is 37.2. The number of nitrogens with two attached hydrogens (primary N) is 1. The molecule has 3 heterocycles. The van der Waals surface area contributed by atoms with Crippen LogP contribution < -0.4 is 40.1 Å². The topological polar surface area (TPSA) is 301 Å². The van der Waals surface area contributed by atoms with Crippen molar-refractivity contribution in [3.05, 3.63) is 53.1 Å². The van der Waals surface area contributed by atoms with E-state index in [0.29, 0.717) is 82.4 Å². The van der Waals surface area contributed by atoms with Crippen molar-refractivity contribution < 1.29 is 141 Å². The first-order chi connectivity index (χ1) is 52.0. The van der Waals surface area contributed by atoms with Gasteiger partial charge in [0.1, 0.15) is 89.7 Å². The Labute approximate surface area is 629 Å². The Kier molecular flexibility index (Phi) is 34.3. The normalized spacial score (nSPS) is 19.1. The van der Waals surface area contributed by atoms with Crippen LogP contribution in [0.5, 0.6) is 29.3 Å². The summed E-state index contributed by atoms with van der Waals surface area (Å²) in [5.41, 5.74) is 1.69. The van der Waals surface area contributed by atoms with E-state index in [1.54, 1.807) is 41.5 Å². The highest BCUT2D eigenvalue weighted by atomic mass is 32.2. The molecule has 41 heteroatoms. The zero-order valence-corrected chi connectivity index (χ0v) is 63.4. The van der Waals surface area contributed by atoms with E-state index in [9.17, 15) is 93.8 Å². The number of halogens is 15. The molecule has 0 saturated heterocycles. The van der Waals surface area contributed by atoms with Gasteiger partial charge in [-0.25, -0.2) is 84.5 Å². The van der Waals surface area contributed by atoms with Crippen molar-refractivity contribution in [2.45, 2.75) is 209 Å². The number of aliphatic hydroxyl groups is 1. The predicted octanol–water partition coefficient (Wildman–Crippen LogP) is 12.8. The number of alkyl halides is 9. The standard InChI is InChI=1S/C24H32F5N3O5.C21H26F5N3O4.C14H26FNO4.C11H10F4N2O3S/c1-24(2,3)37-23(33)30-13(10-25)11-34-14-5-7-15(8-6-14)36-22-31-20-16(26)9-17(35-12-18(27)28)19(29)21(20)32(22)4;1-29-20-18(26)15(32-10-16(24)25)7-14(23)19(20)28-21(29)33-13-4-2-12(3-5-13)31-9-11(8-22)6-17(27)30;1-14(2,3)20-13(18)16-10(8-15)9-19-12-6-4-11(17)5-7-12;1-17-10-8(15)6(20-4-7(13)14)3-5(12)9(10)16-11(17)21(2,18)19/h9,13-15,18H,5-8,10-12H2,1-4H3,(H,30,33);7,11-13,16H,2-6,8-10H2,1H3,(H2,27,30);10-12,17H,4-9H2,1-3H3,(H,16,18);3,7H,4H2,1-2H3/t13-,14?,15?;11-,12?,13?;10-,11?,12?;/m000./s1.